The average molecular weight is 286 g/mol. The summed E-state index contributed by atoms with van der Waals surface area (Å²) in [6, 6.07) is 2.44. The van der Waals surface area contributed by atoms with E-state index >= 15 is 0 Å². The van der Waals surface area contributed by atoms with Crippen LogP contribution in [0.1, 0.15) is 18.5 Å². The van der Waals surface area contributed by atoms with Gasteiger partial charge in [-0.3, -0.25) is 4.68 Å². The number of sulfonamides is 1. The van der Waals surface area contributed by atoms with Gasteiger partial charge in [0.1, 0.15) is 0 Å². The summed E-state index contributed by atoms with van der Waals surface area (Å²) in [5.41, 5.74) is 1.21. The van der Waals surface area contributed by atoms with E-state index in [0.717, 1.165) is 25.8 Å². The van der Waals surface area contributed by atoms with Gasteiger partial charge in [-0.15, -0.1) is 0 Å². The van der Waals surface area contributed by atoms with Gasteiger partial charge in [-0.2, -0.15) is 5.10 Å². The fourth-order valence-corrected chi connectivity index (χ4v) is 3.32. The molecule has 0 bridgehead atoms. The van der Waals surface area contributed by atoms with Crippen LogP contribution >= 0.6 is 0 Å². The molecule has 0 amide bonds. The molecule has 0 saturated carbocycles. The lowest BCUT2D eigenvalue weighted by Gasteiger charge is -2.30. The maximum absolute atomic E-state index is 11.4. The zero-order chi connectivity index (χ0) is 13.9. The fourth-order valence-electron chi connectivity index (χ4n) is 2.44. The van der Waals surface area contributed by atoms with E-state index in [0.29, 0.717) is 19.1 Å². The van der Waals surface area contributed by atoms with Gasteiger partial charge in [-0.1, -0.05) is 0 Å². The Morgan fingerprint density at radius 3 is 2.63 bits per heavy atom. The minimum atomic E-state index is -3.02. The molecule has 1 aromatic heterocycles. The lowest BCUT2D eigenvalue weighted by molar-refractivity contribution is 0.291. The van der Waals surface area contributed by atoms with E-state index in [1.807, 2.05) is 17.8 Å². The minimum absolute atomic E-state index is 0.422. The third-order valence-electron chi connectivity index (χ3n) is 3.66. The van der Waals surface area contributed by atoms with Crippen LogP contribution in [-0.4, -0.2) is 54.4 Å². The van der Waals surface area contributed by atoms with Crippen LogP contribution in [0.4, 0.5) is 0 Å². The summed E-state index contributed by atoms with van der Waals surface area (Å²) in [4.78, 5) is 0. The second-order valence-electron chi connectivity index (χ2n) is 5.09. The quantitative estimate of drug-likeness (QED) is 0.826. The molecule has 0 atom stereocenters. The highest BCUT2D eigenvalue weighted by atomic mass is 32.2. The van der Waals surface area contributed by atoms with Gasteiger partial charge in [-0.25, -0.2) is 12.7 Å². The highest BCUT2D eigenvalue weighted by Crippen LogP contribution is 2.13. The van der Waals surface area contributed by atoms with Crippen LogP contribution in [0.2, 0.25) is 0 Å². The smallest absolute Gasteiger partial charge is 0.211 e. The van der Waals surface area contributed by atoms with Crippen molar-refractivity contribution in [1.29, 1.82) is 0 Å². The van der Waals surface area contributed by atoms with Crippen LogP contribution in [0.25, 0.3) is 0 Å². The summed E-state index contributed by atoms with van der Waals surface area (Å²) in [5, 5.41) is 7.63. The Morgan fingerprint density at radius 1 is 1.42 bits per heavy atom. The van der Waals surface area contributed by atoms with Crippen molar-refractivity contribution >= 4 is 10.0 Å². The van der Waals surface area contributed by atoms with Crippen molar-refractivity contribution < 1.29 is 8.42 Å². The number of rotatable bonds is 5. The maximum Gasteiger partial charge on any atom is 0.211 e. The number of aryl methyl sites for hydroxylation is 1. The summed E-state index contributed by atoms with van der Waals surface area (Å²) in [6.45, 7) is 2.16. The van der Waals surface area contributed by atoms with Crippen LogP contribution < -0.4 is 5.32 Å². The Balaban J connectivity index is 1.70. The third kappa shape index (κ3) is 4.02. The van der Waals surface area contributed by atoms with Crippen molar-refractivity contribution in [2.75, 3.05) is 25.9 Å². The van der Waals surface area contributed by atoms with Crippen molar-refractivity contribution in [2.45, 2.75) is 25.3 Å². The Kier molecular flexibility index (Phi) is 4.59. The summed E-state index contributed by atoms with van der Waals surface area (Å²) < 4.78 is 26.2. The summed E-state index contributed by atoms with van der Waals surface area (Å²) in [6.07, 6.45) is 5.81. The molecule has 0 unspecified atom stereocenters. The molecule has 0 spiro atoms. The van der Waals surface area contributed by atoms with E-state index in [9.17, 15) is 8.42 Å². The molecule has 2 rings (SSSR count). The molecule has 0 radical (unpaired) electrons. The predicted molar refractivity (Wildman–Crippen MR) is 74.4 cm³/mol. The Hall–Kier alpha value is -0.920. The molecule has 1 N–H and O–H groups in total. The number of piperidine rings is 1. The van der Waals surface area contributed by atoms with E-state index in [2.05, 4.69) is 10.4 Å². The minimum Gasteiger partial charge on any atom is -0.313 e. The molecular weight excluding hydrogens is 264 g/mol. The monoisotopic (exact) mass is 286 g/mol. The van der Waals surface area contributed by atoms with Crippen LogP contribution in [-0.2, 0) is 23.5 Å². The molecule has 1 aliphatic heterocycles. The molecule has 108 valence electrons. The van der Waals surface area contributed by atoms with Gasteiger partial charge in [0.25, 0.3) is 0 Å². The van der Waals surface area contributed by atoms with Crippen molar-refractivity contribution in [3.05, 3.63) is 18.0 Å². The molecule has 1 fully saturated rings. The highest BCUT2D eigenvalue weighted by molar-refractivity contribution is 7.88. The topological polar surface area (TPSA) is 67.2 Å². The first-order valence-corrected chi connectivity index (χ1v) is 8.47. The lowest BCUT2D eigenvalue weighted by atomic mass is 10.1. The largest absolute Gasteiger partial charge is 0.313 e. The van der Waals surface area contributed by atoms with Gasteiger partial charge in [0.2, 0.25) is 10.0 Å². The molecular formula is C12H22N4O2S. The molecule has 7 heteroatoms. The first-order valence-electron chi connectivity index (χ1n) is 6.62. The number of nitrogens with zero attached hydrogens (tertiary/aromatic N) is 3. The standard InChI is InChI=1S/C12H22N4O2S/c1-15-12(4-8-14-15)3-7-13-11-5-9-16(10-6-11)19(2,17)18/h4,8,11,13H,3,5-7,9-10H2,1-2H3. The van der Waals surface area contributed by atoms with E-state index in [4.69, 9.17) is 0 Å². The Bertz CT molecular complexity index is 504. The third-order valence-corrected chi connectivity index (χ3v) is 4.96. The zero-order valence-electron chi connectivity index (χ0n) is 11.5. The molecule has 1 aliphatic rings. The van der Waals surface area contributed by atoms with Crippen molar-refractivity contribution in [3.8, 4) is 0 Å². The van der Waals surface area contributed by atoms with E-state index in [-0.39, 0.29) is 0 Å². The molecule has 2 heterocycles. The van der Waals surface area contributed by atoms with Crippen molar-refractivity contribution in [2.24, 2.45) is 7.05 Å². The van der Waals surface area contributed by atoms with Crippen molar-refractivity contribution in [1.82, 2.24) is 19.4 Å². The molecule has 1 saturated heterocycles. The zero-order valence-corrected chi connectivity index (χ0v) is 12.4. The van der Waals surface area contributed by atoms with Gasteiger partial charge in [0.05, 0.1) is 6.26 Å². The van der Waals surface area contributed by atoms with Gasteiger partial charge in [0, 0.05) is 51.0 Å². The summed E-state index contributed by atoms with van der Waals surface area (Å²) >= 11 is 0. The van der Waals surface area contributed by atoms with Gasteiger partial charge in [0.15, 0.2) is 0 Å². The Morgan fingerprint density at radius 2 is 2.11 bits per heavy atom. The second-order valence-corrected chi connectivity index (χ2v) is 7.07. The second kappa shape index (κ2) is 6.02. The number of aromatic nitrogens is 2. The van der Waals surface area contributed by atoms with Crippen LogP contribution in [0.15, 0.2) is 12.3 Å². The molecule has 6 nitrogen and oxygen atoms in total. The fraction of sp³-hybridized carbons (Fsp3) is 0.750. The maximum atomic E-state index is 11.4. The highest BCUT2D eigenvalue weighted by Gasteiger charge is 2.24. The number of nitrogens with one attached hydrogen (secondary N) is 1. The first kappa shape index (κ1) is 14.5. The van der Waals surface area contributed by atoms with Crippen LogP contribution in [0.3, 0.4) is 0 Å². The molecule has 19 heavy (non-hydrogen) atoms. The number of hydrogen-bond acceptors (Lipinski definition) is 4. The summed E-state index contributed by atoms with van der Waals surface area (Å²) in [5.74, 6) is 0. The van der Waals surface area contributed by atoms with Gasteiger partial charge in [-0.05, 0) is 18.9 Å². The van der Waals surface area contributed by atoms with Gasteiger partial charge >= 0.3 is 0 Å². The molecule has 0 aliphatic carbocycles. The average Bonchev–Trinajstić information content (AvgIpc) is 2.75. The van der Waals surface area contributed by atoms with Crippen LogP contribution in [0.5, 0.6) is 0 Å². The Labute approximate surface area is 114 Å². The SMILES string of the molecule is Cn1nccc1CCNC1CCN(S(C)(=O)=O)CC1. The van der Waals surface area contributed by atoms with E-state index in [1.54, 1.807) is 10.5 Å². The number of hydrogen-bond donors (Lipinski definition) is 1. The lowest BCUT2D eigenvalue weighted by Crippen LogP contribution is -2.44. The first-order chi connectivity index (χ1) is 8.97. The normalized spacial score (nSPS) is 18.8. The van der Waals surface area contributed by atoms with E-state index in [1.165, 1.54) is 11.9 Å². The summed E-state index contributed by atoms with van der Waals surface area (Å²) in [7, 11) is -1.07. The van der Waals surface area contributed by atoms with Gasteiger partial charge < -0.3 is 5.32 Å². The predicted octanol–water partition coefficient (Wildman–Crippen LogP) is -0.0238. The molecule has 1 aromatic rings. The van der Waals surface area contributed by atoms with Crippen LogP contribution in [0, 0.1) is 0 Å². The van der Waals surface area contributed by atoms with E-state index < -0.39 is 10.0 Å². The molecule has 0 aromatic carbocycles. The van der Waals surface area contributed by atoms with Crippen molar-refractivity contribution in [3.63, 3.8) is 0 Å².